The molecule has 0 unspecified atom stereocenters. The fourth-order valence-electron chi connectivity index (χ4n) is 2.53. The third-order valence-corrected chi connectivity index (χ3v) is 4.53. The molecule has 0 saturated carbocycles. The highest BCUT2D eigenvalue weighted by Gasteiger charge is 2.12. The van der Waals surface area contributed by atoms with E-state index in [1.807, 2.05) is 32.9 Å². The number of nitrogens with two attached hydrogens (primary N) is 2. The Morgan fingerprint density at radius 3 is 2.55 bits per heavy atom. The van der Waals surface area contributed by atoms with Gasteiger partial charge in [0, 0.05) is 55.2 Å². The molecule has 1 aromatic heterocycles. The molecule has 0 aliphatic carbocycles. The molecule has 174 valence electrons. The Morgan fingerprint density at radius 1 is 1.18 bits per heavy atom. The minimum absolute atomic E-state index is 0.232. The zero-order valence-electron chi connectivity index (χ0n) is 19.1. The molecule has 33 heavy (non-hydrogen) atoms. The van der Waals surface area contributed by atoms with Crippen molar-refractivity contribution in [2.24, 2.45) is 21.5 Å². The predicted molar refractivity (Wildman–Crippen MR) is 135 cm³/mol. The third kappa shape index (κ3) is 8.04. The van der Waals surface area contributed by atoms with Crippen LogP contribution in [0, 0.1) is 0 Å². The van der Waals surface area contributed by atoms with Crippen LogP contribution in [0.1, 0.15) is 26.3 Å². The number of anilines is 1. The predicted octanol–water partition coefficient (Wildman–Crippen LogP) is 3.04. The number of halogens is 1. The van der Waals surface area contributed by atoms with E-state index in [0.29, 0.717) is 22.4 Å². The zero-order valence-corrected chi connectivity index (χ0v) is 19.9. The van der Waals surface area contributed by atoms with Gasteiger partial charge in [0.2, 0.25) is 5.95 Å². The summed E-state index contributed by atoms with van der Waals surface area (Å²) in [6.07, 6.45) is 7.27. The first-order valence-electron chi connectivity index (χ1n) is 10.1. The smallest absolute Gasteiger partial charge is 0.254 e. The van der Waals surface area contributed by atoms with Crippen LogP contribution in [0.3, 0.4) is 0 Å². The minimum atomic E-state index is -0.337. The summed E-state index contributed by atoms with van der Waals surface area (Å²) >= 11 is 6.47. The lowest BCUT2D eigenvalue weighted by Gasteiger charge is -2.12. The summed E-state index contributed by atoms with van der Waals surface area (Å²) in [5.74, 6) is 0.0334. The van der Waals surface area contributed by atoms with E-state index in [-0.39, 0.29) is 23.6 Å². The van der Waals surface area contributed by atoms with Crippen molar-refractivity contribution in [2.45, 2.75) is 32.9 Å². The molecule has 0 fully saturated rings. The summed E-state index contributed by atoms with van der Waals surface area (Å²) in [4.78, 5) is 29.3. The minimum Gasteiger partial charge on any atom is -0.404 e. The van der Waals surface area contributed by atoms with Crippen LogP contribution in [0.5, 0.6) is 0 Å². The molecular formula is C23H29ClN8O. The second kappa shape index (κ2) is 11.8. The zero-order chi connectivity index (χ0) is 24.4. The van der Waals surface area contributed by atoms with Gasteiger partial charge in [-0.3, -0.25) is 14.8 Å². The molecule has 1 amide bonds. The van der Waals surface area contributed by atoms with Crippen LogP contribution in [-0.4, -0.2) is 40.9 Å². The maximum absolute atomic E-state index is 12.4. The molecule has 0 saturated heterocycles. The lowest BCUT2D eigenvalue weighted by Crippen LogP contribution is -2.26. The topological polar surface area (TPSA) is 144 Å². The Kier molecular flexibility index (Phi) is 9.11. The van der Waals surface area contributed by atoms with Crippen molar-refractivity contribution in [3.05, 3.63) is 64.7 Å². The molecule has 1 aromatic carbocycles. The first kappa shape index (κ1) is 25.5. The van der Waals surface area contributed by atoms with Gasteiger partial charge in [-0.05, 0) is 38.5 Å². The summed E-state index contributed by atoms with van der Waals surface area (Å²) in [6, 6.07) is 7.25. The van der Waals surface area contributed by atoms with E-state index >= 15 is 0 Å². The van der Waals surface area contributed by atoms with Crippen LogP contribution < -0.4 is 22.1 Å². The summed E-state index contributed by atoms with van der Waals surface area (Å²) in [6.45, 7) is 6.03. The number of allylic oxidation sites excluding steroid dienone is 1. The molecule has 10 heteroatoms. The number of nitrogens with zero attached hydrogens (tertiary/aromatic N) is 4. The molecule has 0 radical (unpaired) electrons. The van der Waals surface area contributed by atoms with Gasteiger partial charge in [-0.2, -0.15) is 0 Å². The highest BCUT2D eigenvalue weighted by atomic mass is 35.5. The molecule has 2 aromatic rings. The number of hydrogen-bond acceptors (Lipinski definition) is 8. The quantitative estimate of drug-likeness (QED) is 0.346. The van der Waals surface area contributed by atoms with Crippen LogP contribution in [0.2, 0.25) is 5.02 Å². The number of carbonyl (C=O) groups is 1. The largest absolute Gasteiger partial charge is 0.404 e. The van der Waals surface area contributed by atoms with E-state index in [2.05, 4.69) is 30.6 Å². The Bertz CT molecular complexity index is 1100. The van der Waals surface area contributed by atoms with Gasteiger partial charge in [-0.15, -0.1) is 0 Å². The third-order valence-electron chi connectivity index (χ3n) is 4.18. The summed E-state index contributed by atoms with van der Waals surface area (Å²) in [5, 5.41) is 6.29. The number of aliphatic imine (C=N–C) groups is 2. The van der Waals surface area contributed by atoms with Gasteiger partial charge >= 0.3 is 0 Å². The number of carbonyl (C=O) groups excluding carboxylic acids is 1. The maximum atomic E-state index is 12.4. The molecular weight excluding hydrogens is 440 g/mol. The van der Waals surface area contributed by atoms with Crippen molar-refractivity contribution >= 4 is 35.9 Å². The van der Waals surface area contributed by atoms with E-state index in [1.165, 1.54) is 18.6 Å². The number of rotatable bonds is 8. The molecule has 6 N–H and O–H groups in total. The summed E-state index contributed by atoms with van der Waals surface area (Å²) in [7, 11) is 1.64. The van der Waals surface area contributed by atoms with Crippen molar-refractivity contribution < 1.29 is 4.79 Å². The van der Waals surface area contributed by atoms with Gasteiger partial charge in [0.05, 0.1) is 22.5 Å². The fourth-order valence-corrected chi connectivity index (χ4v) is 2.78. The van der Waals surface area contributed by atoms with Gasteiger partial charge in [0.1, 0.15) is 0 Å². The Balaban J connectivity index is 2.12. The number of amides is 1. The van der Waals surface area contributed by atoms with E-state index in [0.717, 1.165) is 11.1 Å². The van der Waals surface area contributed by atoms with Crippen LogP contribution in [-0.2, 0) is 11.3 Å². The number of nitrogens with one attached hydrogen (secondary N) is 2. The van der Waals surface area contributed by atoms with Crippen molar-refractivity contribution in [3.8, 4) is 11.3 Å². The van der Waals surface area contributed by atoms with Crippen molar-refractivity contribution in [2.75, 3.05) is 12.4 Å². The van der Waals surface area contributed by atoms with Gasteiger partial charge in [0.25, 0.3) is 5.91 Å². The fraction of sp³-hybridized carbons (Fsp3) is 0.261. The Hall–Kier alpha value is -3.72. The van der Waals surface area contributed by atoms with Crippen LogP contribution in [0.25, 0.3) is 11.3 Å². The molecule has 9 nitrogen and oxygen atoms in total. The van der Waals surface area contributed by atoms with E-state index in [1.54, 1.807) is 31.6 Å². The van der Waals surface area contributed by atoms with Crippen molar-refractivity contribution in [3.63, 3.8) is 0 Å². The lowest BCUT2D eigenvalue weighted by molar-refractivity contribution is -0.117. The highest BCUT2D eigenvalue weighted by molar-refractivity contribution is 6.31. The number of benzene rings is 1. The normalized spacial score (nSPS) is 13.0. The first-order valence-corrected chi connectivity index (χ1v) is 10.5. The Morgan fingerprint density at radius 2 is 1.94 bits per heavy atom. The van der Waals surface area contributed by atoms with Gasteiger partial charge in [0.15, 0.2) is 0 Å². The number of hydrogen-bond donors (Lipinski definition) is 4. The molecule has 0 aliphatic rings. The average molecular weight is 469 g/mol. The standard InChI is InChI=1S/C23H29ClN8O/c1-23(2,3)30-13-17(10-25)21(33)29-12-16-6-5-15(9-19(16)24)20-7-8-28-22(32-20)31-18(11-26)14-27-4/h5-11,13-14H,12,25-26H2,1-4H3,(H,29,33)(H,28,31,32). The Labute approximate surface area is 198 Å². The van der Waals surface area contributed by atoms with Crippen LogP contribution >= 0.6 is 11.6 Å². The van der Waals surface area contributed by atoms with Gasteiger partial charge in [-0.25, -0.2) is 9.97 Å². The molecule has 0 bridgehead atoms. The van der Waals surface area contributed by atoms with E-state index < -0.39 is 0 Å². The monoisotopic (exact) mass is 468 g/mol. The van der Waals surface area contributed by atoms with Crippen molar-refractivity contribution in [1.82, 2.24) is 15.3 Å². The van der Waals surface area contributed by atoms with E-state index in [9.17, 15) is 4.79 Å². The van der Waals surface area contributed by atoms with Crippen LogP contribution in [0.4, 0.5) is 5.95 Å². The SMILES string of the molecule is CN=CC(=CN)Nc1nccc(-c2ccc(CNC(=O)C(C=NC(C)(C)C)=CN)c(Cl)c2)n1. The molecule has 2 rings (SSSR count). The highest BCUT2D eigenvalue weighted by Crippen LogP contribution is 2.25. The second-order valence-electron chi connectivity index (χ2n) is 7.94. The summed E-state index contributed by atoms with van der Waals surface area (Å²) in [5.41, 5.74) is 13.9. The van der Waals surface area contributed by atoms with Crippen molar-refractivity contribution in [1.29, 1.82) is 0 Å². The number of aromatic nitrogens is 2. The average Bonchev–Trinajstić information content (AvgIpc) is 2.77. The molecule has 0 spiro atoms. The second-order valence-corrected chi connectivity index (χ2v) is 8.35. The van der Waals surface area contributed by atoms with Crippen LogP contribution in [0.15, 0.2) is 64.1 Å². The van der Waals surface area contributed by atoms with E-state index in [4.69, 9.17) is 23.1 Å². The maximum Gasteiger partial charge on any atom is 0.254 e. The van der Waals surface area contributed by atoms with Gasteiger partial charge in [-0.1, -0.05) is 23.7 Å². The first-order chi connectivity index (χ1) is 15.7. The molecule has 0 aliphatic heterocycles. The van der Waals surface area contributed by atoms with Gasteiger partial charge < -0.3 is 22.1 Å². The lowest BCUT2D eigenvalue weighted by atomic mass is 10.1. The molecule has 1 heterocycles. The summed E-state index contributed by atoms with van der Waals surface area (Å²) < 4.78 is 0. The molecule has 0 atom stereocenters.